The molecule has 0 aliphatic carbocycles. The van der Waals surface area contributed by atoms with Crippen LogP contribution in [0.15, 0.2) is 6.07 Å². The number of ether oxygens (including phenoxy) is 3. The van der Waals surface area contributed by atoms with Crippen molar-refractivity contribution < 1.29 is 19.0 Å². The Labute approximate surface area is 108 Å². The summed E-state index contributed by atoms with van der Waals surface area (Å²) in [4.78, 5) is 11.6. The molecule has 92 valence electrons. The van der Waals surface area contributed by atoms with E-state index in [1.54, 1.807) is 0 Å². The number of halogens is 2. The van der Waals surface area contributed by atoms with Crippen LogP contribution < -0.4 is 9.47 Å². The minimum absolute atomic E-state index is 0.221. The second-order valence-corrected chi connectivity index (χ2v) is 4.21. The van der Waals surface area contributed by atoms with Gasteiger partial charge in [-0.3, -0.25) is 0 Å². The van der Waals surface area contributed by atoms with Crippen LogP contribution in [0.25, 0.3) is 0 Å². The van der Waals surface area contributed by atoms with E-state index in [1.165, 1.54) is 13.2 Å². The van der Waals surface area contributed by atoms with Gasteiger partial charge in [-0.1, -0.05) is 23.2 Å². The Morgan fingerprint density at radius 2 is 1.94 bits per heavy atom. The van der Waals surface area contributed by atoms with Crippen molar-refractivity contribution in [1.82, 2.24) is 0 Å². The van der Waals surface area contributed by atoms with E-state index in [4.69, 9.17) is 32.7 Å². The summed E-state index contributed by atoms with van der Waals surface area (Å²) in [5.41, 5.74) is 0.221. The largest absolute Gasteiger partial charge is 0.489 e. The van der Waals surface area contributed by atoms with Crippen molar-refractivity contribution in [1.29, 1.82) is 0 Å². The number of benzene rings is 1. The van der Waals surface area contributed by atoms with Crippen molar-refractivity contribution in [2.75, 3.05) is 20.3 Å². The first kappa shape index (κ1) is 12.3. The molecule has 6 heteroatoms. The van der Waals surface area contributed by atoms with E-state index >= 15 is 0 Å². The molecular formula is C11H10Cl2O4. The first-order valence-corrected chi connectivity index (χ1v) is 5.76. The van der Waals surface area contributed by atoms with Crippen LogP contribution in [0.2, 0.25) is 10.0 Å². The van der Waals surface area contributed by atoms with Gasteiger partial charge in [0.05, 0.1) is 25.3 Å². The topological polar surface area (TPSA) is 44.8 Å². The Bertz CT molecular complexity index is 459. The lowest BCUT2D eigenvalue weighted by atomic mass is 10.2. The highest BCUT2D eigenvalue weighted by Gasteiger charge is 2.25. The average molecular weight is 277 g/mol. The molecule has 0 unspecified atom stereocenters. The molecule has 17 heavy (non-hydrogen) atoms. The van der Waals surface area contributed by atoms with Gasteiger partial charge in [0.15, 0.2) is 11.5 Å². The molecule has 0 saturated carbocycles. The number of carbonyl (C=O) groups is 1. The zero-order chi connectivity index (χ0) is 12.4. The minimum atomic E-state index is -0.537. The van der Waals surface area contributed by atoms with Gasteiger partial charge in [-0.2, -0.15) is 0 Å². The van der Waals surface area contributed by atoms with Crippen molar-refractivity contribution in [2.24, 2.45) is 0 Å². The molecule has 0 bridgehead atoms. The molecule has 0 aromatic heterocycles. The Morgan fingerprint density at radius 1 is 1.29 bits per heavy atom. The minimum Gasteiger partial charge on any atom is -0.489 e. The van der Waals surface area contributed by atoms with Gasteiger partial charge in [-0.15, -0.1) is 0 Å². The lowest BCUT2D eigenvalue weighted by Gasteiger charge is -2.13. The molecule has 0 saturated heterocycles. The van der Waals surface area contributed by atoms with E-state index in [1.807, 2.05) is 0 Å². The number of fused-ring (bicyclic) bond motifs is 1. The highest BCUT2D eigenvalue weighted by atomic mass is 35.5. The number of methoxy groups -OCH3 is 1. The zero-order valence-corrected chi connectivity index (χ0v) is 10.6. The maximum Gasteiger partial charge on any atom is 0.341 e. The first-order chi connectivity index (χ1) is 8.15. The molecule has 1 aromatic rings. The molecule has 0 fully saturated rings. The number of carbonyl (C=O) groups excluding carboxylic acids is 1. The van der Waals surface area contributed by atoms with Crippen LogP contribution in [0.5, 0.6) is 11.5 Å². The molecular weight excluding hydrogens is 267 g/mol. The van der Waals surface area contributed by atoms with Crippen LogP contribution in [0, 0.1) is 0 Å². The fourth-order valence-electron chi connectivity index (χ4n) is 1.53. The van der Waals surface area contributed by atoms with Crippen molar-refractivity contribution >= 4 is 29.2 Å². The second-order valence-electron chi connectivity index (χ2n) is 3.42. The van der Waals surface area contributed by atoms with E-state index in [-0.39, 0.29) is 15.6 Å². The van der Waals surface area contributed by atoms with Gasteiger partial charge in [-0.25, -0.2) is 4.79 Å². The Hall–Kier alpha value is -1.13. The van der Waals surface area contributed by atoms with Gasteiger partial charge in [0, 0.05) is 6.42 Å². The third-order valence-electron chi connectivity index (χ3n) is 2.32. The Kier molecular flexibility index (Phi) is 3.64. The average Bonchev–Trinajstić information content (AvgIpc) is 2.58. The highest BCUT2D eigenvalue weighted by Crippen LogP contribution is 2.44. The lowest BCUT2D eigenvalue weighted by Crippen LogP contribution is -2.06. The molecule has 4 nitrogen and oxygen atoms in total. The lowest BCUT2D eigenvalue weighted by molar-refractivity contribution is 0.0596. The third-order valence-corrected chi connectivity index (χ3v) is 3.09. The first-order valence-electron chi connectivity index (χ1n) is 5.01. The Balaban J connectivity index is 2.60. The van der Waals surface area contributed by atoms with Gasteiger partial charge in [-0.05, 0) is 6.07 Å². The van der Waals surface area contributed by atoms with Gasteiger partial charge in [0.25, 0.3) is 0 Å². The number of hydrogen-bond donors (Lipinski definition) is 0. The molecule has 1 aromatic carbocycles. The van der Waals surface area contributed by atoms with Gasteiger partial charge < -0.3 is 14.2 Å². The SMILES string of the molecule is COC(=O)c1cc(Cl)c(Cl)c2c1OCCCO2. The summed E-state index contributed by atoms with van der Waals surface area (Å²) in [5.74, 6) is 0.0612. The molecule has 0 spiro atoms. The summed E-state index contributed by atoms with van der Waals surface area (Å²) in [5, 5.41) is 0.479. The van der Waals surface area contributed by atoms with Crippen LogP contribution in [0.4, 0.5) is 0 Å². The van der Waals surface area contributed by atoms with Crippen molar-refractivity contribution in [3.63, 3.8) is 0 Å². The van der Waals surface area contributed by atoms with E-state index in [0.717, 1.165) is 0 Å². The van der Waals surface area contributed by atoms with E-state index in [9.17, 15) is 4.79 Å². The van der Waals surface area contributed by atoms with Crippen LogP contribution in [-0.2, 0) is 4.74 Å². The van der Waals surface area contributed by atoms with Gasteiger partial charge in [0.2, 0.25) is 0 Å². The fraction of sp³-hybridized carbons (Fsp3) is 0.364. The standard InChI is InChI=1S/C11H10Cl2O4/c1-15-11(14)6-5-7(12)8(13)10-9(6)16-3-2-4-17-10/h5H,2-4H2,1H3. The summed E-state index contributed by atoms with van der Waals surface area (Å²) < 4.78 is 15.6. The third kappa shape index (κ3) is 2.28. The molecule has 0 N–H and O–H groups in total. The quantitative estimate of drug-likeness (QED) is 0.740. The van der Waals surface area contributed by atoms with Gasteiger partial charge >= 0.3 is 5.97 Å². The highest BCUT2D eigenvalue weighted by molar-refractivity contribution is 6.43. The number of esters is 1. The fourth-order valence-corrected chi connectivity index (χ4v) is 1.92. The summed E-state index contributed by atoms with van der Waals surface area (Å²) in [6.07, 6.45) is 0.712. The van der Waals surface area contributed by atoms with E-state index in [0.29, 0.717) is 31.1 Å². The maximum absolute atomic E-state index is 11.6. The van der Waals surface area contributed by atoms with Crippen LogP contribution >= 0.6 is 23.2 Å². The van der Waals surface area contributed by atoms with E-state index < -0.39 is 5.97 Å². The van der Waals surface area contributed by atoms with Crippen LogP contribution in [0.1, 0.15) is 16.8 Å². The summed E-state index contributed by atoms with van der Waals surface area (Å²) in [6, 6.07) is 1.42. The molecule has 0 amide bonds. The summed E-state index contributed by atoms with van der Waals surface area (Å²) in [6.45, 7) is 0.919. The van der Waals surface area contributed by atoms with Gasteiger partial charge in [0.1, 0.15) is 10.6 Å². The molecule has 0 radical (unpaired) electrons. The normalized spacial score (nSPS) is 14.1. The molecule has 1 aliphatic heterocycles. The van der Waals surface area contributed by atoms with Crippen molar-refractivity contribution in [2.45, 2.75) is 6.42 Å². The molecule has 1 heterocycles. The van der Waals surface area contributed by atoms with Crippen molar-refractivity contribution in [3.8, 4) is 11.5 Å². The molecule has 0 atom stereocenters. The van der Waals surface area contributed by atoms with E-state index in [2.05, 4.69) is 4.74 Å². The summed E-state index contributed by atoms with van der Waals surface area (Å²) >= 11 is 11.9. The molecule has 1 aliphatic rings. The summed E-state index contributed by atoms with van der Waals surface area (Å²) in [7, 11) is 1.29. The van der Waals surface area contributed by atoms with Crippen LogP contribution in [-0.4, -0.2) is 26.3 Å². The predicted molar refractivity (Wildman–Crippen MR) is 63.4 cm³/mol. The number of rotatable bonds is 1. The number of hydrogen-bond acceptors (Lipinski definition) is 4. The zero-order valence-electron chi connectivity index (χ0n) is 9.09. The Morgan fingerprint density at radius 3 is 2.59 bits per heavy atom. The van der Waals surface area contributed by atoms with Crippen LogP contribution in [0.3, 0.4) is 0 Å². The predicted octanol–water partition coefficient (Wildman–Crippen LogP) is 2.94. The second kappa shape index (κ2) is 5.02. The maximum atomic E-state index is 11.6. The monoisotopic (exact) mass is 276 g/mol. The van der Waals surface area contributed by atoms with Crippen molar-refractivity contribution in [3.05, 3.63) is 21.7 Å². The molecule has 2 rings (SSSR count). The smallest absolute Gasteiger partial charge is 0.341 e.